The van der Waals surface area contributed by atoms with Crippen LogP contribution in [-0.2, 0) is 11.3 Å². The molecule has 30 heavy (non-hydrogen) atoms. The molecule has 0 saturated heterocycles. The lowest BCUT2D eigenvalue weighted by Crippen LogP contribution is -2.25. The van der Waals surface area contributed by atoms with Crippen LogP contribution in [0.25, 0.3) is 6.08 Å². The average Bonchev–Trinajstić information content (AvgIpc) is 2.77. The standard InChI is InChI=1S/C25H25N3O2/c1-28(2)23-15-14-21(27-24(29)16-13-19-9-5-3-6-10-19)17-22(23)25(30)26-18-20-11-7-4-8-12-20/h3-17H,18H2,1-2H3,(H,26,30)(H,27,29)/b16-13+. The number of rotatable bonds is 7. The molecule has 3 aromatic carbocycles. The fourth-order valence-corrected chi connectivity index (χ4v) is 2.98. The Morgan fingerprint density at radius 3 is 2.23 bits per heavy atom. The zero-order valence-corrected chi connectivity index (χ0v) is 17.1. The third kappa shape index (κ3) is 5.82. The first kappa shape index (κ1) is 20.9. The summed E-state index contributed by atoms with van der Waals surface area (Å²) in [5, 5.41) is 5.77. The number of nitrogens with zero attached hydrogens (tertiary/aromatic N) is 1. The van der Waals surface area contributed by atoms with Crippen LogP contribution in [0.2, 0.25) is 0 Å². The molecular formula is C25H25N3O2. The lowest BCUT2D eigenvalue weighted by Gasteiger charge is -2.18. The summed E-state index contributed by atoms with van der Waals surface area (Å²) in [5.74, 6) is -0.453. The zero-order chi connectivity index (χ0) is 21.3. The van der Waals surface area contributed by atoms with Gasteiger partial charge in [0.2, 0.25) is 5.91 Å². The van der Waals surface area contributed by atoms with Gasteiger partial charge in [0.15, 0.2) is 0 Å². The fraction of sp³-hybridized carbons (Fsp3) is 0.120. The highest BCUT2D eigenvalue weighted by molar-refractivity contribution is 6.05. The second kappa shape index (κ2) is 10.1. The normalized spacial score (nSPS) is 10.6. The van der Waals surface area contributed by atoms with Gasteiger partial charge in [0.1, 0.15) is 0 Å². The Balaban J connectivity index is 1.72. The summed E-state index contributed by atoms with van der Waals surface area (Å²) in [6.45, 7) is 0.433. The van der Waals surface area contributed by atoms with Crippen LogP contribution in [0.4, 0.5) is 11.4 Å². The number of anilines is 2. The van der Waals surface area contributed by atoms with Gasteiger partial charge in [-0.15, -0.1) is 0 Å². The molecule has 5 nitrogen and oxygen atoms in total. The Kier molecular flexibility index (Phi) is 7.00. The maximum absolute atomic E-state index is 12.8. The molecule has 0 aliphatic rings. The van der Waals surface area contributed by atoms with Crippen molar-refractivity contribution in [3.8, 4) is 0 Å². The summed E-state index contributed by atoms with van der Waals surface area (Å²) in [5.41, 5.74) is 3.80. The fourth-order valence-electron chi connectivity index (χ4n) is 2.98. The maximum Gasteiger partial charge on any atom is 0.253 e. The van der Waals surface area contributed by atoms with Gasteiger partial charge in [0.25, 0.3) is 5.91 Å². The van der Waals surface area contributed by atoms with E-state index in [1.807, 2.05) is 85.7 Å². The molecule has 2 amide bonds. The van der Waals surface area contributed by atoms with Crippen LogP contribution in [0, 0.1) is 0 Å². The highest BCUT2D eigenvalue weighted by Gasteiger charge is 2.14. The number of hydrogen-bond donors (Lipinski definition) is 2. The smallest absolute Gasteiger partial charge is 0.253 e. The predicted molar refractivity (Wildman–Crippen MR) is 122 cm³/mol. The third-order valence-corrected chi connectivity index (χ3v) is 4.51. The van der Waals surface area contributed by atoms with Gasteiger partial charge in [-0.05, 0) is 35.4 Å². The highest BCUT2D eigenvalue weighted by Crippen LogP contribution is 2.23. The summed E-state index contributed by atoms with van der Waals surface area (Å²) in [7, 11) is 3.76. The van der Waals surface area contributed by atoms with Crippen molar-refractivity contribution in [3.05, 3.63) is 102 Å². The number of carbonyl (C=O) groups excluding carboxylic acids is 2. The van der Waals surface area contributed by atoms with E-state index >= 15 is 0 Å². The molecule has 0 atom stereocenters. The molecule has 0 heterocycles. The average molecular weight is 399 g/mol. The molecule has 0 aliphatic carbocycles. The highest BCUT2D eigenvalue weighted by atomic mass is 16.2. The van der Waals surface area contributed by atoms with E-state index < -0.39 is 0 Å². The Hall–Kier alpha value is -3.86. The summed E-state index contributed by atoms with van der Waals surface area (Å²) < 4.78 is 0. The molecule has 2 N–H and O–H groups in total. The molecule has 0 radical (unpaired) electrons. The lowest BCUT2D eigenvalue weighted by molar-refractivity contribution is -0.111. The molecule has 0 spiro atoms. The van der Waals surface area contributed by atoms with Gasteiger partial charge in [-0.1, -0.05) is 60.7 Å². The van der Waals surface area contributed by atoms with Crippen molar-refractivity contribution in [2.45, 2.75) is 6.54 Å². The number of benzene rings is 3. The molecule has 0 unspecified atom stereocenters. The van der Waals surface area contributed by atoms with Gasteiger partial charge in [0, 0.05) is 38.1 Å². The first-order valence-corrected chi connectivity index (χ1v) is 9.70. The molecule has 0 bridgehead atoms. The minimum atomic E-state index is -0.257. The van der Waals surface area contributed by atoms with Crippen LogP contribution in [0.15, 0.2) is 84.9 Å². The second-order valence-electron chi connectivity index (χ2n) is 7.03. The first-order chi connectivity index (χ1) is 14.5. The largest absolute Gasteiger partial charge is 0.377 e. The number of hydrogen-bond acceptors (Lipinski definition) is 3. The molecular weight excluding hydrogens is 374 g/mol. The van der Waals surface area contributed by atoms with Gasteiger partial charge in [-0.2, -0.15) is 0 Å². The Morgan fingerprint density at radius 2 is 1.57 bits per heavy atom. The van der Waals surface area contributed by atoms with Gasteiger partial charge in [-0.3, -0.25) is 9.59 Å². The van der Waals surface area contributed by atoms with Crippen molar-refractivity contribution in [1.82, 2.24) is 5.32 Å². The van der Waals surface area contributed by atoms with Crippen molar-refractivity contribution >= 4 is 29.3 Å². The van der Waals surface area contributed by atoms with E-state index in [1.165, 1.54) is 6.08 Å². The van der Waals surface area contributed by atoms with Crippen molar-refractivity contribution in [1.29, 1.82) is 0 Å². The topological polar surface area (TPSA) is 61.4 Å². The Morgan fingerprint density at radius 1 is 0.900 bits per heavy atom. The number of carbonyl (C=O) groups is 2. The van der Waals surface area contributed by atoms with E-state index in [4.69, 9.17) is 0 Å². The van der Waals surface area contributed by atoms with Crippen molar-refractivity contribution in [3.63, 3.8) is 0 Å². The van der Waals surface area contributed by atoms with E-state index in [2.05, 4.69) is 10.6 Å². The van der Waals surface area contributed by atoms with Crippen LogP contribution < -0.4 is 15.5 Å². The van der Waals surface area contributed by atoms with Crippen LogP contribution in [0.3, 0.4) is 0 Å². The second-order valence-corrected chi connectivity index (χ2v) is 7.03. The van der Waals surface area contributed by atoms with Gasteiger partial charge < -0.3 is 15.5 Å². The Labute approximate surface area is 177 Å². The molecule has 152 valence electrons. The van der Waals surface area contributed by atoms with Crippen LogP contribution in [0.5, 0.6) is 0 Å². The zero-order valence-electron chi connectivity index (χ0n) is 17.1. The summed E-state index contributed by atoms with van der Waals surface area (Å²) in [6.07, 6.45) is 3.22. The van der Waals surface area contributed by atoms with E-state index in [9.17, 15) is 9.59 Å². The SMILES string of the molecule is CN(C)c1ccc(NC(=O)/C=C/c2ccccc2)cc1C(=O)NCc1ccccc1. The molecule has 0 aromatic heterocycles. The molecule has 0 fully saturated rings. The van der Waals surface area contributed by atoms with Crippen LogP contribution in [-0.4, -0.2) is 25.9 Å². The van der Waals surface area contributed by atoms with E-state index in [-0.39, 0.29) is 11.8 Å². The molecule has 0 aliphatic heterocycles. The number of amides is 2. The van der Waals surface area contributed by atoms with Gasteiger partial charge >= 0.3 is 0 Å². The van der Waals surface area contributed by atoms with Crippen LogP contribution in [0.1, 0.15) is 21.5 Å². The van der Waals surface area contributed by atoms with Crippen molar-refractivity contribution in [2.75, 3.05) is 24.3 Å². The van der Waals surface area contributed by atoms with Gasteiger partial charge in [-0.25, -0.2) is 0 Å². The van der Waals surface area contributed by atoms with E-state index in [0.29, 0.717) is 17.8 Å². The van der Waals surface area contributed by atoms with Gasteiger partial charge in [0.05, 0.1) is 5.56 Å². The molecule has 5 heteroatoms. The lowest BCUT2D eigenvalue weighted by atomic mass is 10.1. The summed E-state index contributed by atoms with van der Waals surface area (Å²) >= 11 is 0. The Bertz CT molecular complexity index is 1030. The predicted octanol–water partition coefficient (Wildman–Crippen LogP) is 4.33. The summed E-state index contributed by atoms with van der Waals surface area (Å²) in [4.78, 5) is 27.0. The number of nitrogens with one attached hydrogen (secondary N) is 2. The van der Waals surface area contributed by atoms with E-state index in [0.717, 1.165) is 16.8 Å². The van der Waals surface area contributed by atoms with E-state index in [1.54, 1.807) is 18.2 Å². The maximum atomic E-state index is 12.8. The third-order valence-electron chi connectivity index (χ3n) is 4.51. The monoisotopic (exact) mass is 399 g/mol. The van der Waals surface area contributed by atoms with Crippen molar-refractivity contribution in [2.24, 2.45) is 0 Å². The summed E-state index contributed by atoms with van der Waals surface area (Å²) in [6, 6.07) is 24.6. The minimum Gasteiger partial charge on any atom is -0.377 e. The minimum absolute atomic E-state index is 0.196. The molecule has 0 saturated carbocycles. The van der Waals surface area contributed by atoms with Crippen molar-refractivity contribution < 1.29 is 9.59 Å². The first-order valence-electron chi connectivity index (χ1n) is 9.70. The molecule has 3 rings (SSSR count). The van der Waals surface area contributed by atoms with Crippen LogP contribution >= 0.6 is 0 Å². The molecule has 3 aromatic rings. The quantitative estimate of drug-likeness (QED) is 0.581.